The maximum atomic E-state index is 11.8. The van der Waals surface area contributed by atoms with Crippen molar-refractivity contribution in [3.05, 3.63) is 108 Å². The molecular formula is C46H63NO8Si. The lowest BCUT2D eigenvalue weighted by atomic mass is 9.91. The van der Waals surface area contributed by atoms with Crippen molar-refractivity contribution in [2.24, 2.45) is 5.92 Å². The zero-order valence-electron chi connectivity index (χ0n) is 34.6. The Balaban J connectivity index is 1.41. The van der Waals surface area contributed by atoms with Gasteiger partial charge in [-0.3, -0.25) is 14.6 Å². The third-order valence-electron chi connectivity index (χ3n) is 10.3. The summed E-state index contributed by atoms with van der Waals surface area (Å²) in [6, 6.07) is 20.4. The molecule has 0 radical (unpaired) electrons. The summed E-state index contributed by atoms with van der Waals surface area (Å²) >= 11 is 0. The number of carbonyl (C=O) groups is 2. The van der Waals surface area contributed by atoms with Gasteiger partial charge in [-0.25, -0.2) is 0 Å². The van der Waals surface area contributed by atoms with E-state index in [1.54, 1.807) is 6.20 Å². The number of hydrogen-bond acceptors (Lipinski definition) is 9. The number of pyridine rings is 1. The number of rotatable bonds is 21. The highest BCUT2D eigenvalue weighted by atomic mass is 28.4. The number of para-hydroxylation sites is 1. The van der Waals surface area contributed by atoms with Crippen LogP contribution >= 0.6 is 0 Å². The van der Waals surface area contributed by atoms with Gasteiger partial charge in [0.1, 0.15) is 11.5 Å². The molecule has 0 unspecified atom stereocenters. The van der Waals surface area contributed by atoms with Gasteiger partial charge in [-0.15, -0.1) is 0 Å². The lowest BCUT2D eigenvalue weighted by molar-refractivity contribution is -0.242. The fourth-order valence-corrected chi connectivity index (χ4v) is 7.23. The Hall–Kier alpha value is -4.25. The fourth-order valence-electron chi connectivity index (χ4n) is 6.18. The van der Waals surface area contributed by atoms with E-state index >= 15 is 0 Å². The SMILES string of the molecule is CCOC(=O)CC/C=C\C[C@@H]1CO[C@H](CCOc2ccc(/C(=C\CCCCC(=O)OCC)c3cccnc3)cc2)O[C@@H]1c1ccccc1O[Si](C)(C)C(C)(C)C. The van der Waals surface area contributed by atoms with Crippen LogP contribution in [0.1, 0.15) is 109 Å². The van der Waals surface area contributed by atoms with Crippen LogP contribution in [0.5, 0.6) is 11.5 Å². The smallest absolute Gasteiger partial charge is 0.306 e. The Kier molecular flexibility index (Phi) is 17.8. The van der Waals surface area contributed by atoms with Gasteiger partial charge >= 0.3 is 11.9 Å². The number of aromatic nitrogens is 1. The second-order valence-electron chi connectivity index (χ2n) is 15.6. The topological polar surface area (TPSA) is 102 Å². The van der Waals surface area contributed by atoms with Crippen LogP contribution in [-0.2, 0) is 28.5 Å². The standard InChI is InChI=1S/C46H63NO8Si/c1-8-50-42(48)24-14-10-12-19-37-34-53-44(54-45(37)40-22-16-17-23-41(40)55-56(6,7)46(3,4)5)30-32-52-38-28-26-35(27-29-38)39(36-20-18-31-47-33-36)21-13-11-15-25-43(49)51-9-2/h10,12,16-18,20-23,26-29,31,33,37,44-45H,8-9,11,13-15,19,24-25,30,32,34H2,1-7H3/b12-10-,39-21+/t37-,44+,45+/m1/s1. The summed E-state index contributed by atoms with van der Waals surface area (Å²) in [4.78, 5) is 27.9. The highest BCUT2D eigenvalue weighted by molar-refractivity contribution is 6.74. The fraction of sp³-hybridized carbons (Fsp3) is 0.500. The number of allylic oxidation sites excluding steroid dienone is 3. The van der Waals surface area contributed by atoms with Crippen LogP contribution in [0.4, 0.5) is 0 Å². The van der Waals surface area contributed by atoms with Crippen molar-refractivity contribution in [1.29, 1.82) is 0 Å². The van der Waals surface area contributed by atoms with Crippen molar-refractivity contribution < 1.29 is 37.7 Å². The van der Waals surface area contributed by atoms with Gasteiger partial charge in [-0.1, -0.05) is 75.4 Å². The molecule has 9 nitrogen and oxygen atoms in total. The van der Waals surface area contributed by atoms with Crippen LogP contribution < -0.4 is 9.16 Å². The van der Waals surface area contributed by atoms with Crippen LogP contribution in [0.15, 0.2) is 91.3 Å². The minimum absolute atomic E-state index is 0.0405. The second-order valence-corrected chi connectivity index (χ2v) is 20.3. The normalized spacial score (nSPS) is 17.8. The molecule has 4 rings (SSSR count). The van der Waals surface area contributed by atoms with E-state index in [0.29, 0.717) is 52.1 Å². The number of hydrogen-bond donors (Lipinski definition) is 0. The Morgan fingerprint density at radius 2 is 1.61 bits per heavy atom. The average Bonchev–Trinajstić information content (AvgIpc) is 3.17. The van der Waals surface area contributed by atoms with Gasteiger partial charge in [0.15, 0.2) is 6.29 Å². The summed E-state index contributed by atoms with van der Waals surface area (Å²) < 4.78 is 36.3. The van der Waals surface area contributed by atoms with Crippen LogP contribution in [0.2, 0.25) is 18.1 Å². The first-order chi connectivity index (χ1) is 26.9. The highest BCUT2D eigenvalue weighted by Crippen LogP contribution is 2.43. The molecule has 0 amide bonds. The zero-order valence-corrected chi connectivity index (χ0v) is 35.6. The monoisotopic (exact) mass is 785 g/mol. The van der Waals surface area contributed by atoms with Crippen LogP contribution in [-0.4, -0.2) is 58.0 Å². The molecule has 0 spiro atoms. The molecule has 3 aromatic rings. The van der Waals surface area contributed by atoms with Crippen molar-refractivity contribution in [2.45, 2.75) is 117 Å². The van der Waals surface area contributed by atoms with E-state index in [4.69, 9.17) is 28.1 Å². The van der Waals surface area contributed by atoms with Gasteiger partial charge in [0.25, 0.3) is 0 Å². The van der Waals surface area contributed by atoms with E-state index in [2.05, 4.69) is 81.3 Å². The van der Waals surface area contributed by atoms with Crippen LogP contribution in [0.3, 0.4) is 0 Å². The van der Waals surface area contributed by atoms with E-state index in [-0.39, 0.29) is 29.0 Å². The summed E-state index contributed by atoms with van der Waals surface area (Å²) in [6.07, 6.45) is 14.6. The summed E-state index contributed by atoms with van der Waals surface area (Å²) in [5.74, 6) is 1.37. The maximum absolute atomic E-state index is 11.8. The molecule has 1 aromatic heterocycles. The molecule has 1 aliphatic rings. The Labute approximate surface area is 335 Å². The quantitative estimate of drug-likeness (QED) is 0.0452. The first-order valence-electron chi connectivity index (χ1n) is 20.3. The average molecular weight is 786 g/mol. The van der Waals surface area contributed by atoms with Gasteiger partial charge in [-0.05, 0) is 99.5 Å². The number of nitrogens with zero attached hydrogens (tertiary/aromatic N) is 1. The molecule has 0 N–H and O–H groups in total. The van der Waals surface area contributed by atoms with Crippen molar-refractivity contribution in [3.8, 4) is 11.5 Å². The number of esters is 2. The van der Waals surface area contributed by atoms with Gasteiger partial charge in [0.05, 0.1) is 32.5 Å². The van der Waals surface area contributed by atoms with E-state index in [1.807, 2.05) is 56.5 Å². The molecule has 0 aliphatic carbocycles. The molecule has 2 heterocycles. The summed E-state index contributed by atoms with van der Waals surface area (Å²) in [6.45, 7) is 16.7. The molecular weight excluding hydrogens is 723 g/mol. The predicted octanol–water partition coefficient (Wildman–Crippen LogP) is 10.8. The second kappa shape index (κ2) is 22.5. The molecule has 3 atom stereocenters. The van der Waals surface area contributed by atoms with Gasteiger partial charge in [0.2, 0.25) is 8.32 Å². The van der Waals surface area contributed by atoms with Crippen LogP contribution in [0.25, 0.3) is 5.57 Å². The van der Waals surface area contributed by atoms with Gasteiger partial charge < -0.3 is 28.1 Å². The minimum Gasteiger partial charge on any atom is -0.543 e. The first kappa shape index (κ1) is 44.5. The maximum Gasteiger partial charge on any atom is 0.306 e. The molecule has 304 valence electrons. The van der Waals surface area contributed by atoms with Gasteiger partial charge in [0, 0.05) is 48.7 Å². The van der Waals surface area contributed by atoms with Crippen LogP contribution in [0, 0.1) is 5.92 Å². The number of unbranched alkanes of at least 4 members (excludes halogenated alkanes) is 2. The first-order valence-corrected chi connectivity index (χ1v) is 23.2. The summed E-state index contributed by atoms with van der Waals surface area (Å²) in [7, 11) is -2.13. The lowest BCUT2D eigenvalue weighted by Crippen LogP contribution is -2.44. The highest BCUT2D eigenvalue weighted by Gasteiger charge is 2.41. The van der Waals surface area contributed by atoms with Gasteiger partial charge in [-0.2, -0.15) is 0 Å². The molecule has 2 aromatic carbocycles. The number of carbonyl (C=O) groups excluding carboxylic acids is 2. The number of benzene rings is 2. The van der Waals surface area contributed by atoms with Crippen molar-refractivity contribution in [3.63, 3.8) is 0 Å². The van der Waals surface area contributed by atoms with E-state index in [9.17, 15) is 9.59 Å². The molecule has 1 fully saturated rings. The molecule has 1 saturated heterocycles. The molecule has 10 heteroatoms. The van der Waals surface area contributed by atoms with E-state index < -0.39 is 14.6 Å². The summed E-state index contributed by atoms with van der Waals surface area (Å²) in [5.41, 5.74) is 4.23. The molecule has 56 heavy (non-hydrogen) atoms. The van der Waals surface area contributed by atoms with E-state index in [0.717, 1.165) is 59.4 Å². The third-order valence-corrected chi connectivity index (χ3v) is 14.6. The third kappa shape index (κ3) is 14.0. The Morgan fingerprint density at radius 1 is 0.875 bits per heavy atom. The Bertz CT molecular complexity index is 1700. The predicted molar refractivity (Wildman–Crippen MR) is 224 cm³/mol. The zero-order chi connectivity index (χ0) is 40.4. The lowest BCUT2D eigenvalue weighted by Gasteiger charge is -2.40. The minimum atomic E-state index is -2.13. The van der Waals surface area contributed by atoms with Crippen molar-refractivity contribution >= 4 is 25.8 Å². The van der Waals surface area contributed by atoms with E-state index in [1.165, 1.54) is 0 Å². The largest absolute Gasteiger partial charge is 0.543 e. The molecule has 0 bridgehead atoms. The number of ether oxygens (including phenoxy) is 5. The van der Waals surface area contributed by atoms with Crippen molar-refractivity contribution in [2.75, 3.05) is 26.4 Å². The summed E-state index contributed by atoms with van der Waals surface area (Å²) in [5, 5.41) is 0.0405. The molecule has 1 aliphatic heterocycles. The molecule has 0 saturated carbocycles. The van der Waals surface area contributed by atoms with Crippen molar-refractivity contribution in [1.82, 2.24) is 4.98 Å². The Morgan fingerprint density at radius 3 is 2.30 bits per heavy atom.